The van der Waals surface area contributed by atoms with Crippen LogP contribution in [0.3, 0.4) is 0 Å². The normalized spacial score (nSPS) is 20.4. The number of hydrogen-bond acceptors (Lipinski definition) is 3. The quantitative estimate of drug-likeness (QED) is 0.905. The number of nitrogens with zero attached hydrogens (tertiary/aromatic N) is 2. The Morgan fingerprint density at radius 3 is 3.17 bits per heavy atom. The van der Waals surface area contributed by atoms with E-state index in [4.69, 9.17) is 0 Å². The second kappa shape index (κ2) is 4.90. The first kappa shape index (κ1) is 12.0. The van der Waals surface area contributed by atoms with Crippen LogP contribution in [0.15, 0.2) is 18.2 Å². The van der Waals surface area contributed by atoms with E-state index in [1.54, 1.807) is 6.07 Å². The standard InChI is InChI=1S/C13H16FN3S/c1-2-17-11-5-3-4-9(14)12(11)16-13(17)10-8-18-7-6-15-10/h3-5,10,15H,2,6-8H2,1H3. The zero-order chi connectivity index (χ0) is 12.5. The molecule has 0 amide bonds. The van der Waals surface area contributed by atoms with Crippen LogP contribution < -0.4 is 5.32 Å². The Morgan fingerprint density at radius 2 is 2.44 bits per heavy atom. The van der Waals surface area contributed by atoms with Crippen LogP contribution >= 0.6 is 11.8 Å². The maximum atomic E-state index is 13.8. The molecule has 18 heavy (non-hydrogen) atoms. The van der Waals surface area contributed by atoms with Gasteiger partial charge in [-0.1, -0.05) is 6.07 Å². The minimum atomic E-state index is -0.232. The van der Waals surface area contributed by atoms with E-state index in [1.165, 1.54) is 6.07 Å². The summed E-state index contributed by atoms with van der Waals surface area (Å²) in [7, 11) is 0. The minimum absolute atomic E-state index is 0.232. The van der Waals surface area contributed by atoms with Crippen molar-refractivity contribution < 1.29 is 4.39 Å². The van der Waals surface area contributed by atoms with Crippen LogP contribution in [0, 0.1) is 5.82 Å². The molecule has 96 valence electrons. The van der Waals surface area contributed by atoms with Crippen LogP contribution in [0.5, 0.6) is 0 Å². The Balaban J connectivity index is 2.13. The Labute approximate surface area is 110 Å². The predicted molar refractivity (Wildman–Crippen MR) is 73.4 cm³/mol. The highest BCUT2D eigenvalue weighted by Crippen LogP contribution is 2.26. The van der Waals surface area contributed by atoms with Crippen molar-refractivity contribution in [3.63, 3.8) is 0 Å². The zero-order valence-corrected chi connectivity index (χ0v) is 11.1. The van der Waals surface area contributed by atoms with Gasteiger partial charge in [0.05, 0.1) is 11.6 Å². The number of fused-ring (bicyclic) bond motifs is 1. The van der Waals surface area contributed by atoms with Crippen LogP contribution in [0.1, 0.15) is 18.8 Å². The third kappa shape index (κ3) is 1.91. The first-order chi connectivity index (χ1) is 8.81. The molecule has 1 aromatic heterocycles. The number of hydrogen-bond donors (Lipinski definition) is 1. The van der Waals surface area contributed by atoms with Crippen molar-refractivity contribution >= 4 is 22.8 Å². The fraction of sp³-hybridized carbons (Fsp3) is 0.462. The maximum Gasteiger partial charge on any atom is 0.151 e. The van der Waals surface area contributed by atoms with Crippen LogP contribution in [0.2, 0.25) is 0 Å². The predicted octanol–water partition coefficient (Wildman–Crippen LogP) is 2.57. The van der Waals surface area contributed by atoms with Crippen molar-refractivity contribution in [2.45, 2.75) is 19.5 Å². The van der Waals surface area contributed by atoms with E-state index >= 15 is 0 Å². The first-order valence-corrected chi connectivity index (χ1v) is 7.42. The van der Waals surface area contributed by atoms with E-state index in [0.717, 1.165) is 35.9 Å². The molecule has 1 fully saturated rings. The molecule has 1 aromatic carbocycles. The Kier molecular flexibility index (Phi) is 3.26. The summed E-state index contributed by atoms with van der Waals surface area (Å²) >= 11 is 1.92. The molecule has 1 aliphatic rings. The average Bonchev–Trinajstić information content (AvgIpc) is 2.80. The number of nitrogens with one attached hydrogen (secondary N) is 1. The number of thioether (sulfide) groups is 1. The van der Waals surface area contributed by atoms with E-state index < -0.39 is 0 Å². The van der Waals surface area contributed by atoms with Crippen molar-refractivity contribution in [3.8, 4) is 0 Å². The fourth-order valence-corrected chi connectivity index (χ4v) is 3.39. The molecule has 3 nitrogen and oxygen atoms in total. The highest BCUT2D eigenvalue weighted by atomic mass is 32.2. The Morgan fingerprint density at radius 1 is 1.56 bits per heavy atom. The Hall–Kier alpha value is -1.07. The third-order valence-corrected chi connectivity index (χ3v) is 4.37. The highest BCUT2D eigenvalue weighted by molar-refractivity contribution is 7.99. The van der Waals surface area contributed by atoms with Gasteiger partial charge >= 0.3 is 0 Å². The summed E-state index contributed by atoms with van der Waals surface area (Å²) in [5.41, 5.74) is 1.39. The summed E-state index contributed by atoms with van der Waals surface area (Å²) in [6.45, 7) is 3.88. The van der Waals surface area contributed by atoms with Crippen LogP contribution in [0.25, 0.3) is 11.0 Å². The number of aromatic nitrogens is 2. The summed E-state index contributed by atoms with van der Waals surface area (Å²) in [4.78, 5) is 4.52. The van der Waals surface area contributed by atoms with Crippen molar-refractivity contribution in [3.05, 3.63) is 29.8 Å². The van der Waals surface area contributed by atoms with Gasteiger partial charge in [-0.05, 0) is 19.1 Å². The number of benzene rings is 1. The molecule has 5 heteroatoms. The second-order valence-corrected chi connectivity index (χ2v) is 5.55. The van der Waals surface area contributed by atoms with Crippen LogP contribution in [-0.2, 0) is 6.54 Å². The molecule has 1 saturated heterocycles. The maximum absolute atomic E-state index is 13.8. The molecule has 0 saturated carbocycles. The monoisotopic (exact) mass is 265 g/mol. The van der Waals surface area contributed by atoms with Crippen LogP contribution in [0.4, 0.5) is 4.39 Å². The molecule has 1 aliphatic heterocycles. The molecule has 0 spiro atoms. The lowest BCUT2D eigenvalue weighted by atomic mass is 10.3. The first-order valence-electron chi connectivity index (χ1n) is 6.27. The summed E-state index contributed by atoms with van der Waals surface area (Å²) in [5.74, 6) is 2.87. The van der Waals surface area contributed by atoms with Gasteiger partial charge in [-0.3, -0.25) is 0 Å². The minimum Gasteiger partial charge on any atom is -0.327 e. The van der Waals surface area contributed by atoms with E-state index in [0.29, 0.717) is 5.52 Å². The Bertz CT molecular complexity index is 561. The van der Waals surface area contributed by atoms with Crippen molar-refractivity contribution in [1.82, 2.24) is 14.9 Å². The van der Waals surface area contributed by atoms with Gasteiger partial charge in [0.15, 0.2) is 5.82 Å². The molecule has 0 radical (unpaired) electrons. The van der Waals surface area contributed by atoms with Crippen molar-refractivity contribution in [2.24, 2.45) is 0 Å². The van der Waals surface area contributed by atoms with Crippen molar-refractivity contribution in [2.75, 3.05) is 18.1 Å². The number of aryl methyl sites for hydroxylation is 1. The van der Waals surface area contributed by atoms with E-state index in [-0.39, 0.29) is 11.9 Å². The number of halogens is 1. The SMILES string of the molecule is CCn1c(C2CSCCN2)nc2c(F)cccc21. The van der Waals surface area contributed by atoms with E-state index in [9.17, 15) is 4.39 Å². The highest BCUT2D eigenvalue weighted by Gasteiger charge is 2.22. The molecule has 1 unspecified atom stereocenters. The molecule has 2 heterocycles. The molecular weight excluding hydrogens is 249 g/mol. The summed E-state index contributed by atoms with van der Waals surface area (Å²) in [6.07, 6.45) is 0. The van der Waals surface area contributed by atoms with E-state index in [2.05, 4.69) is 21.8 Å². The van der Waals surface area contributed by atoms with Gasteiger partial charge in [0.25, 0.3) is 0 Å². The third-order valence-electron chi connectivity index (χ3n) is 3.31. The molecule has 1 atom stereocenters. The van der Waals surface area contributed by atoms with Gasteiger partial charge < -0.3 is 9.88 Å². The lowest BCUT2D eigenvalue weighted by molar-refractivity contribution is 0.536. The molecule has 1 N–H and O–H groups in total. The number of para-hydroxylation sites is 1. The summed E-state index contributed by atoms with van der Waals surface area (Å²) in [6, 6.07) is 5.39. The van der Waals surface area contributed by atoms with E-state index in [1.807, 2.05) is 17.8 Å². The molecule has 3 rings (SSSR count). The molecule has 2 aromatic rings. The topological polar surface area (TPSA) is 29.9 Å². The van der Waals surface area contributed by atoms with Gasteiger partial charge in [0, 0.05) is 24.6 Å². The molecular formula is C13H16FN3S. The fourth-order valence-electron chi connectivity index (χ4n) is 2.46. The van der Waals surface area contributed by atoms with Crippen LogP contribution in [-0.4, -0.2) is 27.6 Å². The average molecular weight is 265 g/mol. The zero-order valence-electron chi connectivity index (χ0n) is 10.3. The summed E-state index contributed by atoms with van der Waals surface area (Å²) in [5, 5.41) is 3.46. The smallest absolute Gasteiger partial charge is 0.151 e. The van der Waals surface area contributed by atoms with Gasteiger partial charge in [-0.15, -0.1) is 0 Å². The van der Waals surface area contributed by atoms with Crippen molar-refractivity contribution in [1.29, 1.82) is 0 Å². The lowest BCUT2D eigenvalue weighted by Crippen LogP contribution is -2.32. The van der Waals surface area contributed by atoms with Gasteiger partial charge in [-0.25, -0.2) is 9.37 Å². The molecule has 0 aliphatic carbocycles. The summed E-state index contributed by atoms with van der Waals surface area (Å²) < 4.78 is 15.9. The largest absolute Gasteiger partial charge is 0.327 e. The number of rotatable bonds is 2. The van der Waals surface area contributed by atoms with Gasteiger partial charge in [0.1, 0.15) is 11.3 Å². The lowest BCUT2D eigenvalue weighted by Gasteiger charge is -2.23. The second-order valence-electron chi connectivity index (χ2n) is 4.40. The van der Waals surface area contributed by atoms with Gasteiger partial charge in [0.2, 0.25) is 0 Å². The molecule has 0 bridgehead atoms. The van der Waals surface area contributed by atoms with Gasteiger partial charge in [-0.2, -0.15) is 11.8 Å². The number of imidazole rings is 1.